The lowest BCUT2D eigenvalue weighted by Crippen LogP contribution is -2.08. The molecule has 1 aromatic heterocycles. The Kier molecular flexibility index (Phi) is 4.28. The average Bonchev–Trinajstić information content (AvgIpc) is 2.47. The van der Waals surface area contributed by atoms with Crippen molar-refractivity contribution in [3.05, 3.63) is 10.6 Å². The summed E-state index contributed by atoms with van der Waals surface area (Å²) in [5, 5.41) is 6.91. The molecule has 1 heterocycles. The summed E-state index contributed by atoms with van der Waals surface area (Å²) in [6.45, 7) is 7.53. The summed E-state index contributed by atoms with van der Waals surface area (Å²) in [6, 6.07) is 0.321. The molecule has 0 spiro atoms. The van der Waals surface area contributed by atoms with Crippen LogP contribution in [0.25, 0.3) is 0 Å². The highest BCUT2D eigenvalue weighted by molar-refractivity contribution is 7.71. The maximum atomic E-state index is 5.42. The van der Waals surface area contributed by atoms with Gasteiger partial charge in [-0.1, -0.05) is 6.92 Å². The van der Waals surface area contributed by atoms with E-state index < -0.39 is 0 Å². The molecular weight excluding hydrogens is 198 g/mol. The third-order valence-electron chi connectivity index (χ3n) is 1.87. The highest BCUT2D eigenvalue weighted by atomic mass is 32.1. The molecule has 0 unspecified atom stereocenters. The number of H-pyrrole nitrogens is 1. The van der Waals surface area contributed by atoms with Gasteiger partial charge in [-0.05, 0) is 32.5 Å². The molecule has 0 amide bonds. The molecule has 0 radical (unpaired) electrons. The Hall–Kier alpha value is -0.680. The number of hydrogen-bond donors (Lipinski definition) is 1. The summed E-state index contributed by atoms with van der Waals surface area (Å²) < 4.78 is 8.06. The summed E-state index contributed by atoms with van der Waals surface area (Å²) in [6.07, 6.45) is 1.02. The van der Waals surface area contributed by atoms with Gasteiger partial charge in [0.25, 0.3) is 0 Å². The van der Waals surface area contributed by atoms with Gasteiger partial charge < -0.3 is 4.74 Å². The van der Waals surface area contributed by atoms with Crippen LogP contribution in [0.1, 0.15) is 39.1 Å². The zero-order chi connectivity index (χ0) is 10.6. The molecule has 0 aliphatic rings. The van der Waals surface area contributed by atoms with E-state index in [1.165, 1.54) is 0 Å². The molecule has 80 valence electrons. The van der Waals surface area contributed by atoms with Crippen molar-refractivity contribution < 1.29 is 4.74 Å². The number of ether oxygens (including phenoxy) is 1. The largest absolute Gasteiger partial charge is 0.373 e. The lowest BCUT2D eigenvalue weighted by Gasteiger charge is -2.09. The van der Waals surface area contributed by atoms with Crippen LogP contribution in [0.3, 0.4) is 0 Å². The average molecular weight is 215 g/mol. The highest BCUT2D eigenvalue weighted by Gasteiger charge is 2.08. The lowest BCUT2D eigenvalue weighted by molar-refractivity contribution is 0.112. The number of nitrogens with one attached hydrogen (secondary N) is 1. The van der Waals surface area contributed by atoms with E-state index in [2.05, 4.69) is 31.0 Å². The number of aromatic nitrogens is 3. The standard InChI is InChI=1S/C9H17N3OS/c1-4-5-13-6-8-10-11-9(14)12(8)7(2)3/h7H,4-6H2,1-3H3,(H,11,14). The zero-order valence-electron chi connectivity index (χ0n) is 8.91. The molecule has 0 bridgehead atoms. The van der Waals surface area contributed by atoms with E-state index in [1.807, 2.05) is 4.57 Å². The molecule has 1 N–H and O–H groups in total. The second kappa shape index (κ2) is 5.26. The molecule has 4 nitrogen and oxygen atoms in total. The van der Waals surface area contributed by atoms with Gasteiger partial charge in [0.2, 0.25) is 0 Å². The highest BCUT2D eigenvalue weighted by Crippen LogP contribution is 2.09. The predicted molar refractivity (Wildman–Crippen MR) is 57.7 cm³/mol. The summed E-state index contributed by atoms with van der Waals surface area (Å²) in [5.41, 5.74) is 0. The zero-order valence-corrected chi connectivity index (χ0v) is 9.73. The smallest absolute Gasteiger partial charge is 0.195 e. The fourth-order valence-electron chi connectivity index (χ4n) is 1.28. The summed E-state index contributed by atoms with van der Waals surface area (Å²) >= 11 is 5.12. The van der Waals surface area contributed by atoms with Crippen LogP contribution >= 0.6 is 12.2 Å². The first-order valence-electron chi connectivity index (χ1n) is 4.90. The number of hydrogen-bond acceptors (Lipinski definition) is 3. The van der Waals surface area contributed by atoms with Gasteiger partial charge in [-0.2, -0.15) is 5.10 Å². The van der Waals surface area contributed by atoms with Crippen molar-refractivity contribution in [3.8, 4) is 0 Å². The van der Waals surface area contributed by atoms with Crippen molar-refractivity contribution in [2.45, 2.75) is 39.8 Å². The van der Waals surface area contributed by atoms with Crippen molar-refractivity contribution in [1.82, 2.24) is 14.8 Å². The maximum absolute atomic E-state index is 5.42. The quantitative estimate of drug-likeness (QED) is 0.606. The van der Waals surface area contributed by atoms with Crippen molar-refractivity contribution in [2.24, 2.45) is 0 Å². The predicted octanol–water partition coefficient (Wildman–Crippen LogP) is 2.45. The first-order chi connectivity index (χ1) is 6.66. The summed E-state index contributed by atoms with van der Waals surface area (Å²) in [7, 11) is 0. The van der Waals surface area contributed by atoms with E-state index in [-0.39, 0.29) is 0 Å². The second-order valence-electron chi connectivity index (χ2n) is 3.46. The molecule has 0 aromatic carbocycles. The third kappa shape index (κ3) is 2.65. The van der Waals surface area contributed by atoms with Gasteiger partial charge in [-0.15, -0.1) is 0 Å². The van der Waals surface area contributed by atoms with Gasteiger partial charge in [-0.25, -0.2) is 0 Å². The van der Waals surface area contributed by atoms with Crippen molar-refractivity contribution in [1.29, 1.82) is 0 Å². The molecule has 1 rings (SSSR count). The summed E-state index contributed by atoms with van der Waals surface area (Å²) in [4.78, 5) is 0. The topological polar surface area (TPSA) is 42.8 Å². The first kappa shape index (κ1) is 11.4. The molecular formula is C9H17N3OS. The lowest BCUT2D eigenvalue weighted by atomic mass is 10.4. The van der Waals surface area contributed by atoms with E-state index in [0.29, 0.717) is 17.4 Å². The van der Waals surface area contributed by atoms with Crippen LogP contribution in [0, 0.1) is 4.77 Å². The van der Waals surface area contributed by atoms with Crippen LogP contribution in [0.4, 0.5) is 0 Å². The fraction of sp³-hybridized carbons (Fsp3) is 0.778. The molecule has 0 saturated carbocycles. The van der Waals surface area contributed by atoms with E-state index in [9.17, 15) is 0 Å². The Morgan fingerprint density at radius 1 is 1.57 bits per heavy atom. The van der Waals surface area contributed by atoms with Crippen LogP contribution in [0.2, 0.25) is 0 Å². The van der Waals surface area contributed by atoms with Gasteiger partial charge in [0.15, 0.2) is 10.6 Å². The SMILES string of the molecule is CCCOCc1n[nH]c(=S)n1C(C)C. The number of nitrogens with zero attached hydrogens (tertiary/aromatic N) is 2. The van der Waals surface area contributed by atoms with Gasteiger partial charge in [0.05, 0.1) is 0 Å². The van der Waals surface area contributed by atoms with Crippen LogP contribution in [-0.4, -0.2) is 21.4 Å². The Bertz CT molecular complexity index is 329. The molecule has 14 heavy (non-hydrogen) atoms. The monoisotopic (exact) mass is 215 g/mol. The minimum absolute atomic E-state index is 0.321. The molecule has 0 aliphatic carbocycles. The minimum Gasteiger partial charge on any atom is -0.373 e. The minimum atomic E-state index is 0.321. The first-order valence-corrected chi connectivity index (χ1v) is 5.31. The van der Waals surface area contributed by atoms with E-state index in [1.54, 1.807) is 0 Å². The second-order valence-corrected chi connectivity index (χ2v) is 3.85. The molecule has 0 saturated heterocycles. The normalized spacial score (nSPS) is 11.1. The van der Waals surface area contributed by atoms with Gasteiger partial charge >= 0.3 is 0 Å². The Morgan fingerprint density at radius 3 is 2.86 bits per heavy atom. The van der Waals surface area contributed by atoms with Gasteiger partial charge in [0.1, 0.15) is 6.61 Å². The van der Waals surface area contributed by atoms with Crippen molar-refractivity contribution in [2.75, 3.05) is 6.61 Å². The van der Waals surface area contributed by atoms with Crippen molar-refractivity contribution >= 4 is 12.2 Å². The summed E-state index contributed by atoms with van der Waals surface area (Å²) in [5.74, 6) is 0.874. The number of rotatable bonds is 5. The molecule has 0 aliphatic heterocycles. The van der Waals surface area contributed by atoms with E-state index in [0.717, 1.165) is 18.9 Å². The maximum Gasteiger partial charge on any atom is 0.195 e. The Balaban J connectivity index is 2.71. The van der Waals surface area contributed by atoms with Crippen LogP contribution in [-0.2, 0) is 11.3 Å². The number of aromatic amines is 1. The fourth-order valence-corrected chi connectivity index (χ4v) is 1.64. The van der Waals surface area contributed by atoms with E-state index >= 15 is 0 Å². The van der Waals surface area contributed by atoms with E-state index in [4.69, 9.17) is 17.0 Å². The third-order valence-corrected chi connectivity index (χ3v) is 2.16. The van der Waals surface area contributed by atoms with Gasteiger partial charge in [-0.3, -0.25) is 9.67 Å². The molecule has 0 fully saturated rings. The van der Waals surface area contributed by atoms with Crippen LogP contribution in [0.15, 0.2) is 0 Å². The molecule has 0 atom stereocenters. The van der Waals surface area contributed by atoms with Crippen LogP contribution in [0.5, 0.6) is 0 Å². The van der Waals surface area contributed by atoms with Crippen LogP contribution < -0.4 is 0 Å². The molecule has 1 aromatic rings. The van der Waals surface area contributed by atoms with Crippen molar-refractivity contribution in [3.63, 3.8) is 0 Å². The Morgan fingerprint density at radius 2 is 2.29 bits per heavy atom. The molecule has 5 heteroatoms. The van der Waals surface area contributed by atoms with Gasteiger partial charge in [0, 0.05) is 12.6 Å². The Labute approximate surface area is 89.3 Å².